The Morgan fingerprint density at radius 1 is 1.24 bits per heavy atom. The van der Waals surface area contributed by atoms with Gasteiger partial charge < -0.3 is 20.4 Å². The quantitative estimate of drug-likeness (QED) is 0.444. The first kappa shape index (κ1) is 18.5. The van der Waals surface area contributed by atoms with E-state index in [4.69, 9.17) is 4.99 Å². The Morgan fingerprint density at radius 2 is 2.04 bits per heavy atom. The maximum Gasteiger partial charge on any atom is 0.191 e. The lowest BCUT2D eigenvalue weighted by atomic mass is 10.1. The smallest absolute Gasteiger partial charge is 0.191 e. The summed E-state index contributed by atoms with van der Waals surface area (Å²) in [5.41, 5.74) is 0. The van der Waals surface area contributed by atoms with Gasteiger partial charge in [0.1, 0.15) is 0 Å². The molecule has 1 aromatic rings. The van der Waals surface area contributed by atoms with Crippen molar-refractivity contribution in [2.45, 2.75) is 45.1 Å². The van der Waals surface area contributed by atoms with Crippen LogP contribution in [0.3, 0.4) is 0 Å². The fraction of sp³-hybridized carbons (Fsp3) is 0.737. The Balaban J connectivity index is 1.39. The van der Waals surface area contributed by atoms with Gasteiger partial charge in [0.05, 0.1) is 5.00 Å². The van der Waals surface area contributed by atoms with Crippen LogP contribution in [0.5, 0.6) is 0 Å². The summed E-state index contributed by atoms with van der Waals surface area (Å²) >= 11 is 1.84. The number of piperidine rings is 1. The summed E-state index contributed by atoms with van der Waals surface area (Å²) < 4.78 is 0. The monoisotopic (exact) mass is 363 g/mol. The van der Waals surface area contributed by atoms with E-state index >= 15 is 0 Å². The van der Waals surface area contributed by atoms with E-state index in [2.05, 4.69) is 44.9 Å². The van der Waals surface area contributed by atoms with Crippen molar-refractivity contribution in [2.24, 2.45) is 4.99 Å². The largest absolute Gasteiger partial charge is 0.363 e. The topological polar surface area (TPSA) is 42.9 Å². The Bertz CT molecular complexity index is 502. The van der Waals surface area contributed by atoms with Crippen molar-refractivity contribution in [2.75, 3.05) is 50.7 Å². The van der Waals surface area contributed by atoms with E-state index < -0.39 is 0 Å². The summed E-state index contributed by atoms with van der Waals surface area (Å²) in [6, 6.07) is 4.90. The van der Waals surface area contributed by atoms with E-state index in [1.807, 2.05) is 11.3 Å². The van der Waals surface area contributed by atoms with Gasteiger partial charge in [0, 0.05) is 32.2 Å². The summed E-state index contributed by atoms with van der Waals surface area (Å²) in [4.78, 5) is 9.86. The lowest BCUT2D eigenvalue weighted by Crippen LogP contribution is -2.48. The minimum atomic E-state index is 0.535. The third-order valence-electron chi connectivity index (χ3n) is 5.10. The number of anilines is 1. The summed E-state index contributed by atoms with van der Waals surface area (Å²) in [5, 5.41) is 10.6. The van der Waals surface area contributed by atoms with Crippen LogP contribution >= 0.6 is 11.3 Å². The van der Waals surface area contributed by atoms with Crippen LogP contribution < -0.4 is 15.5 Å². The summed E-state index contributed by atoms with van der Waals surface area (Å²) in [5.74, 6) is 0.999. The molecule has 1 aromatic heterocycles. The first-order valence-electron chi connectivity index (χ1n) is 9.91. The van der Waals surface area contributed by atoms with Gasteiger partial charge in [-0.1, -0.05) is 0 Å². The molecule has 0 saturated carbocycles. The number of hydrogen-bond donors (Lipinski definition) is 2. The van der Waals surface area contributed by atoms with Gasteiger partial charge in [-0.2, -0.15) is 0 Å². The summed E-state index contributed by atoms with van der Waals surface area (Å²) in [7, 11) is 0. The van der Waals surface area contributed by atoms with Crippen molar-refractivity contribution < 1.29 is 0 Å². The van der Waals surface area contributed by atoms with Gasteiger partial charge >= 0.3 is 0 Å². The number of aliphatic imine (C=N–C) groups is 1. The van der Waals surface area contributed by atoms with Gasteiger partial charge in [-0.3, -0.25) is 4.99 Å². The van der Waals surface area contributed by atoms with Crippen molar-refractivity contribution in [1.82, 2.24) is 15.5 Å². The third-order valence-corrected chi connectivity index (χ3v) is 6.03. The molecule has 2 N–H and O–H groups in total. The molecule has 0 aromatic carbocycles. The first-order chi connectivity index (χ1) is 12.3. The standard InChI is InChI=1S/C19H33N5S/c1-2-20-19(21-10-6-13-23-11-3-4-12-23)22-17-8-14-24(15-9-17)18-7-5-16-25-18/h5,7,16-17H,2-4,6,8-15H2,1H3,(H2,20,21,22). The molecule has 0 unspecified atom stereocenters. The van der Waals surface area contributed by atoms with E-state index in [0.29, 0.717) is 6.04 Å². The lowest BCUT2D eigenvalue weighted by molar-refractivity contribution is 0.336. The van der Waals surface area contributed by atoms with Crippen molar-refractivity contribution in [3.63, 3.8) is 0 Å². The SMILES string of the molecule is CCNC(=NCCCN1CCCC1)NC1CCN(c2cccs2)CC1. The number of hydrogen-bond acceptors (Lipinski definition) is 4. The van der Waals surface area contributed by atoms with Crippen LogP contribution in [0.4, 0.5) is 5.00 Å². The second-order valence-electron chi connectivity index (χ2n) is 7.02. The molecule has 0 aliphatic carbocycles. The molecule has 0 spiro atoms. The predicted molar refractivity (Wildman–Crippen MR) is 109 cm³/mol. The van der Waals surface area contributed by atoms with E-state index in [9.17, 15) is 0 Å². The van der Waals surface area contributed by atoms with Crippen LogP contribution in [0.2, 0.25) is 0 Å². The van der Waals surface area contributed by atoms with Crippen LogP contribution in [0, 0.1) is 0 Å². The normalized spacial score (nSPS) is 20.2. The first-order valence-corrected chi connectivity index (χ1v) is 10.8. The molecule has 25 heavy (non-hydrogen) atoms. The van der Waals surface area contributed by atoms with Crippen LogP contribution in [0.15, 0.2) is 22.5 Å². The Hall–Kier alpha value is -1.27. The maximum absolute atomic E-state index is 4.79. The maximum atomic E-state index is 4.79. The Morgan fingerprint density at radius 3 is 2.72 bits per heavy atom. The number of thiophene rings is 1. The van der Waals surface area contributed by atoms with E-state index in [-0.39, 0.29) is 0 Å². The van der Waals surface area contributed by atoms with Gasteiger partial charge in [-0.15, -0.1) is 11.3 Å². The molecule has 0 amide bonds. The highest BCUT2D eigenvalue weighted by molar-refractivity contribution is 7.14. The Kier molecular flexibility index (Phi) is 7.42. The third kappa shape index (κ3) is 5.89. The van der Waals surface area contributed by atoms with Crippen molar-refractivity contribution in [1.29, 1.82) is 0 Å². The number of likely N-dealkylation sites (tertiary alicyclic amines) is 1. The van der Waals surface area contributed by atoms with E-state index in [1.165, 1.54) is 50.3 Å². The lowest BCUT2D eigenvalue weighted by Gasteiger charge is -2.33. The molecule has 0 atom stereocenters. The minimum Gasteiger partial charge on any atom is -0.363 e. The van der Waals surface area contributed by atoms with Gasteiger partial charge in [-0.05, 0) is 76.2 Å². The summed E-state index contributed by atoms with van der Waals surface area (Å²) in [6.45, 7) is 10.0. The van der Waals surface area contributed by atoms with Crippen LogP contribution in [-0.2, 0) is 0 Å². The fourth-order valence-corrected chi connectivity index (χ4v) is 4.48. The van der Waals surface area contributed by atoms with Crippen molar-refractivity contribution >= 4 is 22.3 Å². The van der Waals surface area contributed by atoms with Crippen LogP contribution in [0.25, 0.3) is 0 Å². The Labute approximate surface area is 156 Å². The van der Waals surface area contributed by atoms with Crippen molar-refractivity contribution in [3.05, 3.63) is 17.5 Å². The zero-order valence-electron chi connectivity index (χ0n) is 15.5. The number of nitrogens with zero attached hydrogens (tertiary/aromatic N) is 3. The van der Waals surface area contributed by atoms with E-state index in [0.717, 1.165) is 38.6 Å². The zero-order chi connectivity index (χ0) is 17.3. The molecular weight excluding hydrogens is 330 g/mol. The number of rotatable bonds is 7. The molecule has 6 heteroatoms. The van der Waals surface area contributed by atoms with E-state index in [1.54, 1.807) is 0 Å². The molecular formula is C19H33N5S. The van der Waals surface area contributed by atoms with Gasteiger partial charge in [-0.25, -0.2) is 0 Å². The highest BCUT2D eigenvalue weighted by atomic mass is 32.1. The van der Waals surface area contributed by atoms with Gasteiger partial charge in [0.15, 0.2) is 5.96 Å². The molecule has 3 rings (SSSR count). The molecule has 5 nitrogen and oxygen atoms in total. The molecule has 2 aliphatic heterocycles. The average molecular weight is 364 g/mol. The van der Waals surface area contributed by atoms with Crippen LogP contribution in [-0.4, -0.2) is 62.7 Å². The number of nitrogens with one attached hydrogen (secondary N) is 2. The minimum absolute atomic E-state index is 0.535. The molecule has 0 bridgehead atoms. The van der Waals surface area contributed by atoms with Gasteiger partial charge in [0.25, 0.3) is 0 Å². The zero-order valence-corrected chi connectivity index (χ0v) is 16.4. The highest BCUT2D eigenvalue weighted by Gasteiger charge is 2.20. The summed E-state index contributed by atoms with van der Waals surface area (Å²) in [6.07, 6.45) is 6.26. The molecule has 3 heterocycles. The molecule has 140 valence electrons. The molecule has 2 aliphatic rings. The highest BCUT2D eigenvalue weighted by Crippen LogP contribution is 2.24. The van der Waals surface area contributed by atoms with Gasteiger partial charge in [0.2, 0.25) is 0 Å². The number of guanidine groups is 1. The average Bonchev–Trinajstić information content (AvgIpc) is 3.33. The fourth-order valence-electron chi connectivity index (χ4n) is 3.70. The predicted octanol–water partition coefficient (Wildman–Crippen LogP) is 2.76. The molecule has 0 radical (unpaired) electrons. The van der Waals surface area contributed by atoms with Crippen molar-refractivity contribution in [3.8, 4) is 0 Å². The van der Waals surface area contributed by atoms with Crippen LogP contribution in [0.1, 0.15) is 39.0 Å². The molecule has 2 fully saturated rings. The molecule has 2 saturated heterocycles. The second-order valence-corrected chi connectivity index (χ2v) is 7.95. The second kappa shape index (κ2) is 10.0.